The van der Waals surface area contributed by atoms with Crippen LogP contribution >= 0.6 is 11.6 Å². The number of carboxylic acid groups (broad SMARTS) is 2. The standard InChI is InChI=1S/C23H23ClN4O3.C2HF3O2/c1-12(2)28-19-8-6-16(11-18(19)21(24)26-28)23-25-22(27-31-23)17-7-5-15(9-14(17)4)13(3)10-20(29)30;3-2(4,5)1(6)7/h5-9,11-13H,10H2,1-4H3,(H,29,30);(H,6,7). The molecule has 38 heavy (non-hydrogen) atoms. The Morgan fingerprint density at radius 2 is 1.76 bits per heavy atom. The van der Waals surface area contributed by atoms with E-state index >= 15 is 0 Å². The van der Waals surface area contributed by atoms with Crippen LogP contribution in [0.4, 0.5) is 13.2 Å². The van der Waals surface area contributed by atoms with Crippen molar-refractivity contribution in [2.75, 3.05) is 0 Å². The lowest BCUT2D eigenvalue weighted by Gasteiger charge is -2.11. The fourth-order valence-electron chi connectivity index (χ4n) is 3.70. The highest BCUT2D eigenvalue weighted by atomic mass is 35.5. The minimum atomic E-state index is -5.08. The summed E-state index contributed by atoms with van der Waals surface area (Å²) < 4.78 is 39.1. The van der Waals surface area contributed by atoms with Crippen molar-refractivity contribution in [1.82, 2.24) is 19.9 Å². The maximum atomic E-state index is 11.0. The van der Waals surface area contributed by atoms with Gasteiger partial charge in [0.2, 0.25) is 5.82 Å². The Balaban J connectivity index is 0.000000505. The molecule has 9 nitrogen and oxygen atoms in total. The highest BCUT2D eigenvalue weighted by molar-refractivity contribution is 6.34. The molecule has 4 aromatic rings. The van der Waals surface area contributed by atoms with Crippen LogP contribution in [0.3, 0.4) is 0 Å². The Morgan fingerprint density at radius 3 is 2.32 bits per heavy atom. The number of nitrogens with zero attached hydrogens (tertiary/aromatic N) is 4. The van der Waals surface area contributed by atoms with Gasteiger partial charge in [-0.1, -0.05) is 41.9 Å². The van der Waals surface area contributed by atoms with Gasteiger partial charge in [0.1, 0.15) is 0 Å². The van der Waals surface area contributed by atoms with E-state index in [4.69, 9.17) is 31.1 Å². The van der Waals surface area contributed by atoms with E-state index < -0.39 is 18.1 Å². The first-order chi connectivity index (χ1) is 17.7. The molecule has 2 N–H and O–H groups in total. The predicted octanol–water partition coefficient (Wildman–Crippen LogP) is 6.51. The number of halogens is 4. The smallest absolute Gasteiger partial charge is 0.481 e. The first kappa shape index (κ1) is 28.6. The molecule has 0 aliphatic heterocycles. The molecule has 2 aromatic carbocycles. The number of hydrogen-bond donors (Lipinski definition) is 2. The molecule has 202 valence electrons. The van der Waals surface area contributed by atoms with E-state index in [1.807, 2.05) is 54.9 Å². The number of aliphatic carboxylic acids is 2. The largest absolute Gasteiger partial charge is 0.490 e. The number of rotatable bonds is 6. The van der Waals surface area contributed by atoms with Crippen LogP contribution in [0.15, 0.2) is 40.9 Å². The molecule has 13 heteroatoms. The Morgan fingerprint density at radius 1 is 1.11 bits per heavy atom. The van der Waals surface area contributed by atoms with E-state index in [9.17, 15) is 18.0 Å². The van der Waals surface area contributed by atoms with Crippen molar-refractivity contribution in [3.05, 3.63) is 52.7 Å². The van der Waals surface area contributed by atoms with Crippen LogP contribution in [0.1, 0.15) is 50.3 Å². The third kappa shape index (κ3) is 6.49. The Kier molecular flexibility index (Phi) is 8.45. The molecule has 1 atom stereocenters. The lowest BCUT2D eigenvalue weighted by Crippen LogP contribution is -2.21. The number of aromatic nitrogens is 4. The van der Waals surface area contributed by atoms with Crippen molar-refractivity contribution in [3.8, 4) is 22.8 Å². The number of carbonyl (C=O) groups is 2. The summed E-state index contributed by atoms with van der Waals surface area (Å²) in [5.41, 5.74) is 4.48. The first-order valence-corrected chi connectivity index (χ1v) is 11.7. The Labute approximate surface area is 219 Å². The van der Waals surface area contributed by atoms with Crippen LogP contribution in [-0.4, -0.2) is 48.2 Å². The fraction of sp³-hybridized carbons (Fsp3) is 0.320. The number of aryl methyl sites for hydroxylation is 1. The van der Waals surface area contributed by atoms with Crippen LogP contribution in [-0.2, 0) is 9.59 Å². The van der Waals surface area contributed by atoms with E-state index in [0.29, 0.717) is 16.9 Å². The number of fused-ring (bicyclic) bond motifs is 1. The minimum Gasteiger partial charge on any atom is -0.481 e. The lowest BCUT2D eigenvalue weighted by atomic mass is 9.94. The summed E-state index contributed by atoms with van der Waals surface area (Å²) in [6, 6.07) is 11.8. The number of benzene rings is 2. The van der Waals surface area contributed by atoms with E-state index in [2.05, 4.69) is 29.1 Å². The molecule has 0 amide bonds. The van der Waals surface area contributed by atoms with Crippen LogP contribution in [0.2, 0.25) is 5.15 Å². The molecule has 2 aromatic heterocycles. The summed E-state index contributed by atoms with van der Waals surface area (Å²) in [4.78, 5) is 24.5. The normalized spacial score (nSPS) is 12.3. The monoisotopic (exact) mass is 552 g/mol. The van der Waals surface area contributed by atoms with Crippen molar-refractivity contribution in [2.45, 2.75) is 52.3 Å². The maximum absolute atomic E-state index is 11.0. The van der Waals surface area contributed by atoms with Crippen LogP contribution in [0, 0.1) is 6.92 Å². The molecular weight excluding hydrogens is 529 g/mol. The molecule has 0 saturated carbocycles. The maximum Gasteiger partial charge on any atom is 0.490 e. The summed E-state index contributed by atoms with van der Waals surface area (Å²) in [6.45, 7) is 7.96. The first-order valence-electron chi connectivity index (χ1n) is 11.3. The van der Waals surface area contributed by atoms with Gasteiger partial charge in [-0.25, -0.2) is 4.79 Å². The van der Waals surface area contributed by atoms with Gasteiger partial charge in [0.15, 0.2) is 5.15 Å². The van der Waals surface area contributed by atoms with E-state index in [1.165, 1.54) is 0 Å². The van der Waals surface area contributed by atoms with Crippen molar-refractivity contribution < 1.29 is 37.5 Å². The lowest BCUT2D eigenvalue weighted by molar-refractivity contribution is -0.192. The molecule has 0 fully saturated rings. The van der Waals surface area contributed by atoms with Crippen molar-refractivity contribution in [3.63, 3.8) is 0 Å². The topological polar surface area (TPSA) is 131 Å². The third-order valence-corrected chi connectivity index (χ3v) is 5.89. The average Bonchev–Trinajstić information content (AvgIpc) is 3.43. The predicted molar refractivity (Wildman–Crippen MR) is 133 cm³/mol. The van der Waals surface area contributed by atoms with Gasteiger partial charge in [-0.15, -0.1) is 0 Å². The molecule has 0 saturated heterocycles. The summed E-state index contributed by atoms with van der Waals surface area (Å²) in [5.74, 6) is -2.77. The molecular formula is C25H24ClF3N4O5. The van der Waals surface area contributed by atoms with E-state index in [1.54, 1.807) is 0 Å². The van der Waals surface area contributed by atoms with Gasteiger partial charge in [0.05, 0.1) is 11.9 Å². The number of alkyl halides is 3. The van der Waals surface area contributed by atoms with Crippen molar-refractivity contribution in [1.29, 1.82) is 0 Å². The number of hydrogen-bond acceptors (Lipinski definition) is 6. The van der Waals surface area contributed by atoms with Crippen molar-refractivity contribution in [2.24, 2.45) is 0 Å². The van der Waals surface area contributed by atoms with Gasteiger partial charge in [0.25, 0.3) is 5.89 Å². The molecule has 0 radical (unpaired) electrons. The van der Waals surface area contributed by atoms with Gasteiger partial charge >= 0.3 is 18.1 Å². The third-order valence-electron chi connectivity index (χ3n) is 5.61. The van der Waals surface area contributed by atoms with Crippen molar-refractivity contribution >= 4 is 34.4 Å². The van der Waals surface area contributed by atoms with Crippen LogP contribution in [0.5, 0.6) is 0 Å². The SMILES string of the molecule is Cc1cc(C(C)CC(=O)O)ccc1-c1noc(-c2ccc3c(c2)c(Cl)nn3C(C)C)n1.O=C(O)C(F)(F)F. The van der Waals surface area contributed by atoms with Gasteiger partial charge in [0, 0.05) is 22.6 Å². The van der Waals surface area contributed by atoms with Gasteiger partial charge in [-0.3, -0.25) is 9.48 Å². The fourth-order valence-corrected chi connectivity index (χ4v) is 3.94. The summed E-state index contributed by atoms with van der Waals surface area (Å²) >= 11 is 6.34. The minimum absolute atomic E-state index is 0.0747. The molecule has 0 aliphatic rings. The summed E-state index contributed by atoms with van der Waals surface area (Å²) in [7, 11) is 0. The Bertz CT molecular complexity index is 1480. The van der Waals surface area contributed by atoms with Gasteiger partial charge < -0.3 is 14.7 Å². The van der Waals surface area contributed by atoms with Gasteiger partial charge in [-0.05, 0) is 56.0 Å². The number of carboxylic acids is 2. The van der Waals surface area contributed by atoms with Crippen LogP contribution < -0.4 is 0 Å². The second-order valence-corrected chi connectivity index (χ2v) is 9.22. The van der Waals surface area contributed by atoms with Crippen LogP contribution in [0.25, 0.3) is 33.7 Å². The van der Waals surface area contributed by atoms with E-state index in [0.717, 1.165) is 33.2 Å². The quantitative estimate of drug-likeness (QED) is 0.277. The molecule has 0 spiro atoms. The summed E-state index contributed by atoms with van der Waals surface area (Å²) in [6.07, 6.45) is -5.00. The molecule has 1 unspecified atom stereocenters. The zero-order chi connectivity index (χ0) is 28.4. The molecule has 0 aliphatic carbocycles. The summed E-state index contributed by atoms with van der Waals surface area (Å²) in [5, 5.41) is 26.0. The molecule has 0 bridgehead atoms. The highest BCUT2D eigenvalue weighted by Crippen LogP contribution is 2.32. The Hall–Kier alpha value is -3.93. The average molecular weight is 553 g/mol. The highest BCUT2D eigenvalue weighted by Gasteiger charge is 2.38. The van der Waals surface area contributed by atoms with E-state index in [-0.39, 0.29) is 18.4 Å². The molecule has 2 heterocycles. The second-order valence-electron chi connectivity index (χ2n) is 8.86. The van der Waals surface area contributed by atoms with Gasteiger partial charge in [-0.2, -0.15) is 23.3 Å². The molecule has 4 rings (SSSR count). The zero-order valence-electron chi connectivity index (χ0n) is 20.7. The second kappa shape index (κ2) is 11.2. The zero-order valence-corrected chi connectivity index (χ0v) is 21.5.